The molecule has 1 saturated carbocycles. The third-order valence-corrected chi connectivity index (χ3v) is 8.59. The number of thiazole rings is 1. The summed E-state index contributed by atoms with van der Waals surface area (Å²) in [5.41, 5.74) is 8.60. The van der Waals surface area contributed by atoms with Gasteiger partial charge in [0, 0.05) is 6.20 Å². The molecule has 38 heavy (non-hydrogen) atoms. The first-order chi connectivity index (χ1) is 18.6. The SMILES string of the molecule is Cc1ccccc1-c1cc(COC(CCC2CCCCC2)c2cncs2)ccc1-c1cccc(C(=O)O)c1. The minimum atomic E-state index is -0.920. The normalized spacial score (nSPS) is 14.9. The molecular weight excluding hydrogens is 490 g/mol. The van der Waals surface area contributed by atoms with E-state index in [-0.39, 0.29) is 11.7 Å². The van der Waals surface area contributed by atoms with Crippen LogP contribution in [0.5, 0.6) is 0 Å². The van der Waals surface area contributed by atoms with E-state index in [2.05, 4.69) is 42.2 Å². The first-order valence-electron chi connectivity index (χ1n) is 13.6. The van der Waals surface area contributed by atoms with E-state index in [1.54, 1.807) is 23.5 Å². The van der Waals surface area contributed by atoms with Crippen molar-refractivity contribution in [1.29, 1.82) is 0 Å². The van der Waals surface area contributed by atoms with Gasteiger partial charge < -0.3 is 9.84 Å². The number of benzene rings is 3. The van der Waals surface area contributed by atoms with Crippen molar-refractivity contribution >= 4 is 17.3 Å². The Balaban J connectivity index is 1.41. The predicted molar refractivity (Wildman–Crippen MR) is 154 cm³/mol. The lowest BCUT2D eigenvalue weighted by atomic mass is 9.85. The van der Waals surface area contributed by atoms with Gasteiger partial charge in [-0.05, 0) is 77.3 Å². The molecule has 1 unspecified atom stereocenters. The molecule has 0 radical (unpaired) electrons. The van der Waals surface area contributed by atoms with Crippen LogP contribution in [0.25, 0.3) is 22.3 Å². The second kappa shape index (κ2) is 12.5. The third kappa shape index (κ3) is 6.40. The lowest BCUT2D eigenvalue weighted by molar-refractivity contribution is 0.0306. The molecular formula is C33H35NO3S. The molecule has 1 aromatic heterocycles. The molecule has 1 heterocycles. The third-order valence-electron chi connectivity index (χ3n) is 7.72. The predicted octanol–water partition coefficient (Wildman–Crippen LogP) is 9.10. The lowest BCUT2D eigenvalue weighted by Gasteiger charge is -2.24. The molecule has 5 heteroatoms. The molecule has 0 spiro atoms. The van der Waals surface area contributed by atoms with E-state index in [0.29, 0.717) is 6.61 Å². The van der Waals surface area contributed by atoms with Gasteiger partial charge in [-0.25, -0.2) is 4.79 Å². The number of ether oxygens (including phenoxy) is 1. The van der Waals surface area contributed by atoms with Gasteiger partial charge in [-0.1, -0.05) is 80.6 Å². The minimum Gasteiger partial charge on any atom is -0.478 e. The Morgan fingerprint density at radius 3 is 2.61 bits per heavy atom. The van der Waals surface area contributed by atoms with E-state index >= 15 is 0 Å². The fraction of sp³-hybridized carbons (Fsp3) is 0.333. The Morgan fingerprint density at radius 2 is 1.84 bits per heavy atom. The molecule has 4 aromatic rings. The summed E-state index contributed by atoms with van der Waals surface area (Å²) in [5, 5.41) is 9.54. The maximum atomic E-state index is 11.6. The van der Waals surface area contributed by atoms with Gasteiger partial charge in [0.05, 0.1) is 28.7 Å². The molecule has 4 nitrogen and oxygen atoms in total. The van der Waals surface area contributed by atoms with Crippen molar-refractivity contribution < 1.29 is 14.6 Å². The van der Waals surface area contributed by atoms with E-state index in [1.165, 1.54) is 49.0 Å². The standard InChI is InChI=1S/C33H35NO3S/c1-23-8-5-6-13-28(23)30-18-25(14-16-29(30)26-11-7-12-27(19-26)33(35)36)21-37-31(32-20-34-22-38-32)17-15-24-9-3-2-4-10-24/h5-8,11-14,16,18-20,22,24,31H,2-4,9-10,15,17,21H2,1H3,(H,35,36). The zero-order valence-corrected chi connectivity index (χ0v) is 22.8. The van der Waals surface area contributed by atoms with Gasteiger partial charge in [0.1, 0.15) is 0 Å². The fourth-order valence-corrected chi connectivity index (χ4v) is 6.31. The quantitative estimate of drug-likeness (QED) is 0.224. The summed E-state index contributed by atoms with van der Waals surface area (Å²) in [6, 6.07) is 21.9. The zero-order chi connectivity index (χ0) is 26.3. The Labute approximate surface area is 229 Å². The second-order valence-electron chi connectivity index (χ2n) is 10.4. The Bertz CT molecular complexity index is 1360. The largest absolute Gasteiger partial charge is 0.478 e. The van der Waals surface area contributed by atoms with Crippen molar-refractivity contribution in [3.63, 3.8) is 0 Å². The van der Waals surface area contributed by atoms with Crippen LogP contribution in [-0.2, 0) is 11.3 Å². The smallest absolute Gasteiger partial charge is 0.335 e. The summed E-state index contributed by atoms with van der Waals surface area (Å²) in [4.78, 5) is 17.1. The van der Waals surface area contributed by atoms with Gasteiger partial charge in [0.25, 0.3) is 0 Å². The molecule has 1 fully saturated rings. The summed E-state index contributed by atoms with van der Waals surface area (Å²) in [6.07, 6.45) is 11.0. The van der Waals surface area contributed by atoms with Crippen molar-refractivity contribution in [3.05, 3.63) is 100 Å². The van der Waals surface area contributed by atoms with E-state index in [0.717, 1.165) is 40.2 Å². The molecule has 0 bridgehead atoms. The first kappa shape index (κ1) is 26.3. The molecule has 1 N–H and O–H groups in total. The molecule has 1 atom stereocenters. The molecule has 0 saturated heterocycles. The van der Waals surface area contributed by atoms with Crippen LogP contribution in [0.15, 0.2) is 78.4 Å². The maximum Gasteiger partial charge on any atom is 0.335 e. The highest BCUT2D eigenvalue weighted by atomic mass is 32.1. The zero-order valence-electron chi connectivity index (χ0n) is 21.9. The van der Waals surface area contributed by atoms with Crippen LogP contribution in [0.1, 0.15) is 77.4 Å². The van der Waals surface area contributed by atoms with Crippen molar-refractivity contribution in [2.24, 2.45) is 5.92 Å². The molecule has 3 aromatic carbocycles. The van der Waals surface area contributed by atoms with Crippen LogP contribution >= 0.6 is 11.3 Å². The highest BCUT2D eigenvalue weighted by Crippen LogP contribution is 2.37. The van der Waals surface area contributed by atoms with Crippen molar-refractivity contribution in [2.45, 2.75) is 64.6 Å². The molecule has 5 rings (SSSR count). The number of carboxylic acid groups (broad SMARTS) is 1. The summed E-state index contributed by atoms with van der Waals surface area (Å²) in [7, 11) is 0. The van der Waals surface area contributed by atoms with E-state index in [4.69, 9.17) is 4.74 Å². The van der Waals surface area contributed by atoms with Crippen LogP contribution in [0.3, 0.4) is 0 Å². The number of aryl methyl sites for hydroxylation is 1. The van der Waals surface area contributed by atoms with Crippen LogP contribution in [0, 0.1) is 12.8 Å². The second-order valence-corrected chi connectivity index (χ2v) is 11.3. The van der Waals surface area contributed by atoms with Gasteiger partial charge in [0.2, 0.25) is 0 Å². The topological polar surface area (TPSA) is 59.4 Å². The first-order valence-corrected chi connectivity index (χ1v) is 14.5. The summed E-state index contributed by atoms with van der Waals surface area (Å²) >= 11 is 1.67. The number of hydrogen-bond donors (Lipinski definition) is 1. The molecule has 1 aliphatic rings. The van der Waals surface area contributed by atoms with Gasteiger partial charge >= 0.3 is 5.97 Å². The van der Waals surface area contributed by atoms with Gasteiger partial charge in [-0.15, -0.1) is 11.3 Å². The van der Waals surface area contributed by atoms with Gasteiger partial charge in [-0.3, -0.25) is 4.98 Å². The van der Waals surface area contributed by atoms with Crippen LogP contribution in [0.2, 0.25) is 0 Å². The number of aromatic nitrogens is 1. The van der Waals surface area contributed by atoms with E-state index in [9.17, 15) is 9.90 Å². The van der Waals surface area contributed by atoms with Gasteiger partial charge in [-0.2, -0.15) is 0 Å². The molecule has 196 valence electrons. The summed E-state index contributed by atoms with van der Waals surface area (Å²) in [5.74, 6) is -0.104. The molecule has 0 amide bonds. The Hall–Kier alpha value is -3.28. The number of hydrogen-bond acceptors (Lipinski definition) is 4. The Morgan fingerprint density at radius 1 is 1.00 bits per heavy atom. The number of nitrogens with zero attached hydrogens (tertiary/aromatic N) is 1. The number of aromatic carboxylic acids is 1. The highest BCUT2D eigenvalue weighted by Gasteiger charge is 2.20. The Kier molecular flexibility index (Phi) is 8.67. The number of rotatable bonds is 10. The van der Waals surface area contributed by atoms with Crippen LogP contribution < -0.4 is 0 Å². The monoisotopic (exact) mass is 525 g/mol. The van der Waals surface area contributed by atoms with E-state index < -0.39 is 5.97 Å². The molecule has 0 aliphatic heterocycles. The highest BCUT2D eigenvalue weighted by molar-refractivity contribution is 7.09. The van der Waals surface area contributed by atoms with Crippen LogP contribution in [0.4, 0.5) is 0 Å². The summed E-state index contributed by atoms with van der Waals surface area (Å²) in [6.45, 7) is 2.63. The minimum absolute atomic E-state index is 0.0539. The van der Waals surface area contributed by atoms with Crippen LogP contribution in [-0.4, -0.2) is 16.1 Å². The van der Waals surface area contributed by atoms with Crippen molar-refractivity contribution in [3.8, 4) is 22.3 Å². The lowest BCUT2D eigenvalue weighted by Crippen LogP contribution is -2.10. The fourth-order valence-electron chi connectivity index (χ4n) is 5.60. The average Bonchev–Trinajstić information content (AvgIpc) is 3.49. The maximum absolute atomic E-state index is 11.6. The molecule has 1 aliphatic carbocycles. The number of carboxylic acids is 1. The van der Waals surface area contributed by atoms with Crippen molar-refractivity contribution in [1.82, 2.24) is 4.98 Å². The average molecular weight is 526 g/mol. The summed E-state index contributed by atoms with van der Waals surface area (Å²) < 4.78 is 6.57. The van der Waals surface area contributed by atoms with E-state index in [1.807, 2.05) is 36.0 Å². The van der Waals surface area contributed by atoms with Crippen molar-refractivity contribution in [2.75, 3.05) is 0 Å². The van der Waals surface area contributed by atoms with Gasteiger partial charge in [0.15, 0.2) is 0 Å². The number of carbonyl (C=O) groups is 1.